The highest BCUT2D eigenvalue weighted by atomic mass is 35.5. The fourth-order valence-electron chi connectivity index (χ4n) is 1.12. The van der Waals surface area contributed by atoms with Crippen LogP contribution >= 0.6 is 11.6 Å². The summed E-state index contributed by atoms with van der Waals surface area (Å²) in [6.07, 6.45) is 1.37. The van der Waals surface area contributed by atoms with Crippen LogP contribution < -0.4 is 10.9 Å². The molecule has 0 aromatic carbocycles. The monoisotopic (exact) mass is 269 g/mol. The molecule has 96 valence electrons. The Morgan fingerprint density at radius 1 is 1.67 bits per heavy atom. The number of hydrogen-bond donors (Lipinski definition) is 1. The van der Waals surface area contributed by atoms with Gasteiger partial charge in [-0.2, -0.15) is 5.10 Å². The maximum absolute atomic E-state index is 11.8. The highest BCUT2D eigenvalue weighted by Gasteiger charge is 2.11. The number of ether oxygens (including phenoxy) is 1. The molecule has 0 saturated carbocycles. The Morgan fingerprint density at radius 2 is 2.39 bits per heavy atom. The van der Waals surface area contributed by atoms with Crippen LogP contribution in [0.4, 0.5) is 5.69 Å². The summed E-state index contributed by atoms with van der Waals surface area (Å²) >= 11 is 5.87. The molecule has 0 atom stereocenters. The minimum Gasteiger partial charge on any atom is -0.468 e. The maximum atomic E-state index is 11.8. The molecule has 0 amide bonds. The van der Waals surface area contributed by atoms with Crippen molar-refractivity contribution in [3.63, 3.8) is 0 Å². The van der Waals surface area contributed by atoms with E-state index in [1.54, 1.807) is 6.92 Å². The molecule has 1 N–H and O–H groups in total. The Kier molecular flexibility index (Phi) is 5.21. The summed E-state index contributed by atoms with van der Waals surface area (Å²) in [4.78, 5) is 22.8. The Balaban J connectivity index is 2.93. The lowest BCUT2D eigenvalue weighted by molar-refractivity contribution is -0.141. The fraction of sp³-hybridized carbons (Fsp3) is 0.364. The van der Waals surface area contributed by atoms with Crippen molar-refractivity contribution in [3.8, 4) is 11.8 Å². The second-order valence-electron chi connectivity index (χ2n) is 3.19. The standard InChI is InChI=1S/C11H12ClN3O3/c1-3-4-5-13-8-6-14-15(7-9(16)18-2)11(17)10(8)12/h6,13H,5,7H2,1-2H3. The van der Waals surface area contributed by atoms with E-state index in [0.29, 0.717) is 12.2 Å². The molecule has 0 aliphatic heterocycles. The van der Waals surface area contributed by atoms with E-state index in [-0.39, 0.29) is 11.6 Å². The zero-order valence-electron chi connectivity index (χ0n) is 9.99. The van der Waals surface area contributed by atoms with E-state index in [9.17, 15) is 9.59 Å². The quantitative estimate of drug-likeness (QED) is 0.637. The molecule has 0 fully saturated rings. The van der Waals surface area contributed by atoms with Crippen LogP contribution in [0.2, 0.25) is 5.02 Å². The predicted molar refractivity (Wildman–Crippen MR) is 67.5 cm³/mol. The fourth-order valence-corrected chi connectivity index (χ4v) is 1.33. The van der Waals surface area contributed by atoms with Gasteiger partial charge in [0.05, 0.1) is 25.5 Å². The van der Waals surface area contributed by atoms with Gasteiger partial charge in [-0.05, 0) is 6.92 Å². The Bertz CT molecular complexity index is 557. The Hall–Kier alpha value is -2.00. The third-order valence-corrected chi connectivity index (χ3v) is 2.40. The number of nitrogens with one attached hydrogen (secondary N) is 1. The van der Waals surface area contributed by atoms with E-state index in [1.165, 1.54) is 13.3 Å². The van der Waals surface area contributed by atoms with E-state index in [0.717, 1.165) is 4.68 Å². The summed E-state index contributed by atoms with van der Waals surface area (Å²) in [5.74, 6) is 4.89. The minimum atomic E-state index is -0.571. The first-order valence-electron chi connectivity index (χ1n) is 5.06. The van der Waals surface area contributed by atoms with Gasteiger partial charge in [0.1, 0.15) is 11.6 Å². The van der Waals surface area contributed by atoms with Gasteiger partial charge >= 0.3 is 5.97 Å². The van der Waals surface area contributed by atoms with Gasteiger partial charge in [-0.15, -0.1) is 5.92 Å². The van der Waals surface area contributed by atoms with Gasteiger partial charge in [0.2, 0.25) is 0 Å². The highest BCUT2D eigenvalue weighted by Crippen LogP contribution is 2.14. The van der Waals surface area contributed by atoms with Crippen LogP contribution in [-0.2, 0) is 16.1 Å². The van der Waals surface area contributed by atoms with E-state index in [4.69, 9.17) is 11.6 Å². The van der Waals surface area contributed by atoms with Crippen molar-refractivity contribution in [2.24, 2.45) is 0 Å². The third kappa shape index (κ3) is 3.50. The van der Waals surface area contributed by atoms with E-state index < -0.39 is 11.5 Å². The number of hydrogen-bond acceptors (Lipinski definition) is 5. The van der Waals surface area contributed by atoms with Crippen LogP contribution in [0.3, 0.4) is 0 Å². The number of aromatic nitrogens is 2. The number of anilines is 1. The van der Waals surface area contributed by atoms with Gasteiger partial charge in [-0.25, -0.2) is 4.68 Å². The summed E-state index contributed by atoms with van der Waals surface area (Å²) in [5, 5.41) is 6.63. The average molecular weight is 270 g/mol. The van der Waals surface area contributed by atoms with E-state index >= 15 is 0 Å². The zero-order chi connectivity index (χ0) is 13.5. The molecule has 0 saturated heterocycles. The van der Waals surface area contributed by atoms with Crippen LogP contribution in [0.1, 0.15) is 6.92 Å². The van der Waals surface area contributed by atoms with Crippen molar-refractivity contribution in [2.45, 2.75) is 13.5 Å². The van der Waals surface area contributed by atoms with Gasteiger partial charge in [-0.3, -0.25) is 9.59 Å². The molecule has 1 heterocycles. The third-order valence-electron chi connectivity index (χ3n) is 2.04. The van der Waals surface area contributed by atoms with Crippen molar-refractivity contribution in [1.29, 1.82) is 0 Å². The van der Waals surface area contributed by atoms with Crippen molar-refractivity contribution < 1.29 is 9.53 Å². The number of methoxy groups -OCH3 is 1. The van der Waals surface area contributed by atoms with Gasteiger partial charge in [0.25, 0.3) is 5.56 Å². The molecule has 0 aliphatic rings. The topological polar surface area (TPSA) is 73.2 Å². The SMILES string of the molecule is CC#CCNc1cnn(CC(=O)OC)c(=O)c1Cl. The molecule has 0 bridgehead atoms. The van der Waals surface area contributed by atoms with E-state index in [2.05, 4.69) is 27.0 Å². The van der Waals surface area contributed by atoms with Crippen molar-refractivity contribution >= 4 is 23.3 Å². The first kappa shape index (κ1) is 14.1. The number of nitrogens with zero attached hydrogens (tertiary/aromatic N) is 2. The lowest BCUT2D eigenvalue weighted by Crippen LogP contribution is -2.28. The van der Waals surface area contributed by atoms with Crippen LogP contribution in [0.5, 0.6) is 0 Å². The highest BCUT2D eigenvalue weighted by molar-refractivity contribution is 6.32. The first-order chi connectivity index (χ1) is 8.60. The molecular formula is C11H12ClN3O3. The molecule has 1 rings (SSSR count). The number of rotatable bonds is 4. The average Bonchev–Trinajstić information content (AvgIpc) is 2.37. The molecule has 18 heavy (non-hydrogen) atoms. The molecule has 0 spiro atoms. The predicted octanol–water partition coefficient (Wildman–Crippen LogP) is 0.505. The molecule has 6 nitrogen and oxygen atoms in total. The lowest BCUT2D eigenvalue weighted by atomic mass is 10.4. The van der Waals surface area contributed by atoms with Crippen LogP contribution in [0.25, 0.3) is 0 Å². The largest absolute Gasteiger partial charge is 0.468 e. The molecule has 7 heteroatoms. The number of esters is 1. The van der Waals surface area contributed by atoms with Crippen LogP contribution in [0.15, 0.2) is 11.0 Å². The molecule has 1 aromatic heterocycles. The smallest absolute Gasteiger partial charge is 0.327 e. The molecule has 0 radical (unpaired) electrons. The number of carbonyl (C=O) groups excluding carboxylic acids is 1. The van der Waals surface area contributed by atoms with Crippen LogP contribution in [-0.4, -0.2) is 29.4 Å². The van der Waals surface area contributed by atoms with E-state index in [1.807, 2.05) is 0 Å². The summed E-state index contributed by atoms with van der Waals surface area (Å²) in [5.41, 5.74) is -0.179. The molecule has 0 aliphatic carbocycles. The Morgan fingerprint density at radius 3 is 3.00 bits per heavy atom. The molecule has 1 aromatic rings. The van der Waals surface area contributed by atoms with Crippen molar-refractivity contribution in [3.05, 3.63) is 21.6 Å². The number of halogens is 1. The summed E-state index contributed by atoms with van der Waals surface area (Å²) in [7, 11) is 1.23. The Labute approximate surface area is 109 Å². The lowest BCUT2D eigenvalue weighted by Gasteiger charge is -2.07. The van der Waals surface area contributed by atoms with Gasteiger partial charge in [-0.1, -0.05) is 17.5 Å². The summed E-state index contributed by atoms with van der Waals surface area (Å²) < 4.78 is 5.38. The van der Waals surface area contributed by atoms with Gasteiger partial charge in [0, 0.05) is 0 Å². The minimum absolute atomic E-state index is 0.0354. The summed E-state index contributed by atoms with van der Waals surface area (Å²) in [6, 6.07) is 0. The summed E-state index contributed by atoms with van der Waals surface area (Å²) in [6.45, 7) is 1.79. The molecule has 0 unspecified atom stereocenters. The first-order valence-corrected chi connectivity index (χ1v) is 5.43. The maximum Gasteiger partial charge on any atom is 0.327 e. The van der Waals surface area contributed by atoms with Crippen molar-refractivity contribution in [2.75, 3.05) is 19.0 Å². The van der Waals surface area contributed by atoms with Gasteiger partial charge in [0.15, 0.2) is 0 Å². The normalized spacial score (nSPS) is 9.28. The van der Waals surface area contributed by atoms with Crippen LogP contribution in [0, 0.1) is 11.8 Å². The number of carbonyl (C=O) groups is 1. The van der Waals surface area contributed by atoms with Gasteiger partial charge < -0.3 is 10.1 Å². The second kappa shape index (κ2) is 6.67. The second-order valence-corrected chi connectivity index (χ2v) is 3.57. The zero-order valence-corrected chi connectivity index (χ0v) is 10.7. The molecular weight excluding hydrogens is 258 g/mol. The van der Waals surface area contributed by atoms with Crippen molar-refractivity contribution in [1.82, 2.24) is 9.78 Å².